The predicted molar refractivity (Wildman–Crippen MR) is 81.9 cm³/mol. The Bertz CT molecular complexity index is 757. The van der Waals surface area contributed by atoms with Gasteiger partial charge in [-0.3, -0.25) is 5.10 Å². The second kappa shape index (κ2) is 4.88. The molecule has 0 atom stereocenters. The number of hydrogen-bond donors (Lipinski definition) is 2. The summed E-state index contributed by atoms with van der Waals surface area (Å²) < 4.78 is 12.9. The third-order valence-corrected chi connectivity index (χ3v) is 4.32. The fourth-order valence-electron chi connectivity index (χ4n) is 3.06. The molecule has 2 N–H and O–H groups in total. The molecule has 106 valence electrons. The van der Waals surface area contributed by atoms with Gasteiger partial charge in [0.05, 0.1) is 11.7 Å². The number of fused-ring (bicyclic) bond motifs is 1. The van der Waals surface area contributed by atoms with E-state index < -0.39 is 0 Å². The lowest BCUT2D eigenvalue weighted by Crippen LogP contribution is -2.34. The molecule has 4 heteroatoms. The zero-order valence-electron chi connectivity index (χ0n) is 11.5. The van der Waals surface area contributed by atoms with E-state index in [-0.39, 0.29) is 5.82 Å². The largest absolute Gasteiger partial charge is 0.382 e. The van der Waals surface area contributed by atoms with Crippen LogP contribution in [0.25, 0.3) is 10.9 Å². The first-order valence-corrected chi connectivity index (χ1v) is 7.24. The summed E-state index contributed by atoms with van der Waals surface area (Å²) in [4.78, 5) is 0. The number of hydrogen-bond acceptors (Lipinski definition) is 2. The van der Waals surface area contributed by atoms with Gasteiger partial charge in [-0.05, 0) is 48.6 Å². The van der Waals surface area contributed by atoms with Crippen molar-refractivity contribution in [3.05, 3.63) is 60.0 Å². The fraction of sp³-hybridized carbons (Fsp3) is 0.235. The first kappa shape index (κ1) is 12.4. The van der Waals surface area contributed by atoms with Gasteiger partial charge < -0.3 is 5.32 Å². The summed E-state index contributed by atoms with van der Waals surface area (Å²) in [5.41, 5.74) is 3.41. The van der Waals surface area contributed by atoms with Crippen LogP contribution in [0, 0.1) is 5.82 Å². The minimum absolute atomic E-state index is 0.167. The third-order valence-electron chi connectivity index (χ3n) is 4.32. The van der Waals surface area contributed by atoms with Crippen LogP contribution in [-0.4, -0.2) is 16.2 Å². The Morgan fingerprint density at radius 1 is 1.10 bits per heavy atom. The number of nitrogens with one attached hydrogen (secondary N) is 2. The van der Waals surface area contributed by atoms with Gasteiger partial charge in [0.25, 0.3) is 0 Å². The lowest BCUT2D eigenvalue weighted by molar-refractivity contribution is 0.374. The maximum Gasteiger partial charge on any atom is 0.123 e. The molecule has 1 heterocycles. The molecule has 1 aliphatic carbocycles. The van der Waals surface area contributed by atoms with Crippen LogP contribution in [-0.2, 0) is 0 Å². The number of aromatic nitrogens is 2. The first-order chi connectivity index (χ1) is 10.3. The monoisotopic (exact) mass is 281 g/mol. The highest BCUT2D eigenvalue weighted by Crippen LogP contribution is 2.39. The van der Waals surface area contributed by atoms with E-state index in [1.807, 2.05) is 30.5 Å². The van der Waals surface area contributed by atoms with E-state index in [9.17, 15) is 4.39 Å². The van der Waals surface area contributed by atoms with E-state index in [0.717, 1.165) is 29.4 Å². The molecule has 2 aromatic carbocycles. The molecule has 0 radical (unpaired) electrons. The lowest BCUT2D eigenvalue weighted by Gasteiger charge is -2.37. The standard InChI is InChI=1S/C17H16FN3/c18-13-6-4-11(5-7-13)12-8-14(9-12)20-16-2-1-3-17-15(16)10-19-21-17/h1-7,10,12,14,20H,8-9H2,(H,19,21). The van der Waals surface area contributed by atoms with Crippen LogP contribution in [0.3, 0.4) is 0 Å². The second-order valence-corrected chi connectivity index (χ2v) is 5.70. The Morgan fingerprint density at radius 2 is 1.90 bits per heavy atom. The van der Waals surface area contributed by atoms with Crippen LogP contribution >= 0.6 is 0 Å². The van der Waals surface area contributed by atoms with Crippen LogP contribution in [0.5, 0.6) is 0 Å². The van der Waals surface area contributed by atoms with E-state index >= 15 is 0 Å². The smallest absolute Gasteiger partial charge is 0.123 e. The van der Waals surface area contributed by atoms with Crippen LogP contribution < -0.4 is 5.32 Å². The molecular formula is C17H16FN3. The van der Waals surface area contributed by atoms with Crippen molar-refractivity contribution in [2.24, 2.45) is 0 Å². The van der Waals surface area contributed by atoms with Crippen molar-refractivity contribution in [2.45, 2.75) is 24.8 Å². The van der Waals surface area contributed by atoms with Gasteiger partial charge in [-0.25, -0.2) is 4.39 Å². The van der Waals surface area contributed by atoms with Gasteiger partial charge in [-0.15, -0.1) is 0 Å². The molecule has 0 aliphatic heterocycles. The minimum atomic E-state index is -0.167. The number of aromatic amines is 1. The summed E-state index contributed by atoms with van der Waals surface area (Å²) in [5, 5.41) is 11.8. The molecular weight excluding hydrogens is 265 g/mol. The lowest BCUT2D eigenvalue weighted by atomic mass is 9.76. The Balaban J connectivity index is 1.44. The number of rotatable bonds is 3. The summed E-state index contributed by atoms with van der Waals surface area (Å²) in [6, 6.07) is 13.5. The van der Waals surface area contributed by atoms with E-state index in [4.69, 9.17) is 0 Å². The van der Waals surface area contributed by atoms with E-state index in [0.29, 0.717) is 12.0 Å². The van der Waals surface area contributed by atoms with Crippen LogP contribution in [0.2, 0.25) is 0 Å². The Labute approximate surface area is 122 Å². The highest BCUT2D eigenvalue weighted by Gasteiger charge is 2.30. The molecule has 1 aromatic heterocycles. The molecule has 4 rings (SSSR count). The Kier molecular flexibility index (Phi) is 2.88. The summed E-state index contributed by atoms with van der Waals surface area (Å²) in [5.74, 6) is 0.367. The molecule has 3 nitrogen and oxygen atoms in total. The zero-order chi connectivity index (χ0) is 14.2. The van der Waals surface area contributed by atoms with E-state index in [2.05, 4.69) is 21.6 Å². The predicted octanol–water partition coefficient (Wildman–Crippen LogP) is 4.06. The van der Waals surface area contributed by atoms with Gasteiger partial charge in [0.2, 0.25) is 0 Å². The van der Waals surface area contributed by atoms with Crippen LogP contribution in [0.15, 0.2) is 48.7 Å². The summed E-state index contributed by atoms with van der Waals surface area (Å²) in [6.45, 7) is 0. The third kappa shape index (κ3) is 2.27. The van der Waals surface area contributed by atoms with Crippen molar-refractivity contribution in [1.82, 2.24) is 10.2 Å². The quantitative estimate of drug-likeness (QED) is 0.760. The van der Waals surface area contributed by atoms with Crippen LogP contribution in [0.4, 0.5) is 10.1 Å². The molecule has 0 saturated heterocycles. The topological polar surface area (TPSA) is 40.7 Å². The first-order valence-electron chi connectivity index (χ1n) is 7.24. The fourth-order valence-corrected chi connectivity index (χ4v) is 3.06. The number of benzene rings is 2. The molecule has 3 aromatic rings. The number of halogens is 1. The highest BCUT2D eigenvalue weighted by atomic mass is 19.1. The van der Waals surface area contributed by atoms with Crippen molar-refractivity contribution in [2.75, 3.05) is 5.32 Å². The SMILES string of the molecule is Fc1ccc(C2CC(Nc3cccc4[nH]ncc34)C2)cc1. The second-order valence-electron chi connectivity index (χ2n) is 5.70. The van der Waals surface area contributed by atoms with Crippen LogP contribution in [0.1, 0.15) is 24.3 Å². The van der Waals surface area contributed by atoms with Gasteiger partial charge in [0.15, 0.2) is 0 Å². The van der Waals surface area contributed by atoms with Crippen molar-refractivity contribution in [1.29, 1.82) is 0 Å². The molecule has 1 aliphatic rings. The summed E-state index contributed by atoms with van der Waals surface area (Å²) in [7, 11) is 0. The van der Waals surface area contributed by atoms with E-state index in [1.165, 1.54) is 5.56 Å². The van der Waals surface area contributed by atoms with Gasteiger partial charge in [-0.1, -0.05) is 18.2 Å². The van der Waals surface area contributed by atoms with Gasteiger partial charge in [0, 0.05) is 17.1 Å². The van der Waals surface area contributed by atoms with Gasteiger partial charge in [-0.2, -0.15) is 5.10 Å². The van der Waals surface area contributed by atoms with Gasteiger partial charge in [0.1, 0.15) is 5.82 Å². The highest BCUT2D eigenvalue weighted by molar-refractivity contribution is 5.90. The van der Waals surface area contributed by atoms with Gasteiger partial charge >= 0.3 is 0 Å². The molecule has 0 spiro atoms. The average Bonchev–Trinajstić information content (AvgIpc) is 2.93. The molecule has 0 amide bonds. The van der Waals surface area contributed by atoms with Crippen molar-refractivity contribution in [3.63, 3.8) is 0 Å². The van der Waals surface area contributed by atoms with E-state index in [1.54, 1.807) is 12.1 Å². The maximum atomic E-state index is 12.9. The zero-order valence-corrected chi connectivity index (χ0v) is 11.5. The maximum absolute atomic E-state index is 12.9. The molecule has 0 bridgehead atoms. The normalized spacial score (nSPS) is 21.2. The summed E-state index contributed by atoms with van der Waals surface area (Å²) >= 11 is 0. The summed E-state index contributed by atoms with van der Waals surface area (Å²) in [6.07, 6.45) is 4.02. The molecule has 1 fully saturated rings. The Hall–Kier alpha value is -2.36. The average molecular weight is 281 g/mol. The Morgan fingerprint density at radius 3 is 2.71 bits per heavy atom. The number of anilines is 1. The van der Waals surface area contributed by atoms with Crippen molar-refractivity contribution < 1.29 is 4.39 Å². The van der Waals surface area contributed by atoms with Crippen molar-refractivity contribution in [3.8, 4) is 0 Å². The number of H-pyrrole nitrogens is 1. The molecule has 21 heavy (non-hydrogen) atoms. The molecule has 1 saturated carbocycles. The van der Waals surface area contributed by atoms with Crippen molar-refractivity contribution >= 4 is 16.6 Å². The minimum Gasteiger partial charge on any atom is -0.382 e. The molecule has 0 unspecified atom stereocenters. The number of nitrogens with zero attached hydrogens (tertiary/aromatic N) is 1.